The number of likely N-dealkylation sites (tertiary alicyclic amines) is 1. The Morgan fingerprint density at radius 3 is 3.08 bits per heavy atom. The second kappa shape index (κ2) is 6.32. The zero-order chi connectivity index (χ0) is 9.52. The van der Waals surface area contributed by atoms with Gasteiger partial charge in [0, 0.05) is 6.54 Å². The van der Waals surface area contributed by atoms with E-state index in [0.717, 1.165) is 12.5 Å². The SMILES string of the molecule is CN1CCCC(CCNCNN)C1. The summed E-state index contributed by atoms with van der Waals surface area (Å²) in [6.45, 7) is 4.32. The van der Waals surface area contributed by atoms with Crippen molar-refractivity contribution in [3.05, 3.63) is 0 Å². The van der Waals surface area contributed by atoms with Crippen LogP contribution in [0.2, 0.25) is 0 Å². The van der Waals surface area contributed by atoms with Crippen LogP contribution >= 0.6 is 0 Å². The molecule has 1 unspecified atom stereocenters. The Morgan fingerprint density at radius 1 is 1.54 bits per heavy atom. The molecule has 1 aliphatic heterocycles. The molecule has 13 heavy (non-hydrogen) atoms. The Kier molecular flexibility index (Phi) is 5.31. The molecule has 1 fully saturated rings. The van der Waals surface area contributed by atoms with Crippen molar-refractivity contribution in [1.29, 1.82) is 0 Å². The van der Waals surface area contributed by atoms with E-state index in [2.05, 4.69) is 22.7 Å². The van der Waals surface area contributed by atoms with Crippen molar-refractivity contribution in [3.8, 4) is 0 Å². The van der Waals surface area contributed by atoms with Crippen molar-refractivity contribution in [3.63, 3.8) is 0 Å². The second-order valence-electron chi connectivity index (χ2n) is 3.94. The summed E-state index contributed by atoms with van der Waals surface area (Å²) in [4.78, 5) is 2.43. The van der Waals surface area contributed by atoms with Crippen LogP contribution in [0.3, 0.4) is 0 Å². The zero-order valence-electron chi connectivity index (χ0n) is 8.55. The lowest BCUT2D eigenvalue weighted by Crippen LogP contribution is -2.37. The highest BCUT2D eigenvalue weighted by Crippen LogP contribution is 2.17. The maximum absolute atomic E-state index is 5.15. The van der Waals surface area contributed by atoms with Gasteiger partial charge in [-0.3, -0.25) is 5.84 Å². The fraction of sp³-hybridized carbons (Fsp3) is 1.00. The van der Waals surface area contributed by atoms with E-state index in [-0.39, 0.29) is 0 Å². The molecule has 4 nitrogen and oxygen atoms in total. The summed E-state index contributed by atoms with van der Waals surface area (Å²) in [5, 5.41) is 3.24. The summed E-state index contributed by atoms with van der Waals surface area (Å²) >= 11 is 0. The number of nitrogens with one attached hydrogen (secondary N) is 2. The van der Waals surface area contributed by atoms with E-state index < -0.39 is 0 Å². The topological polar surface area (TPSA) is 53.3 Å². The summed E-state index contributed by atoms with van der Waals surface area (Å²) in [6, 6.07) is 0. The van der Waals surface area contributed by atoms with Crippen molar-refractivity contribution < 1.29 is 0 Å². The lowest BCUT2D eigenvalue weighted by atomic mass is 9.95. The van der Waals surface area contributed by atoms with Crippen LogP contribution in [0.25, 0.3) is 0 Å². The average Bonchev–Trinajstić information content (AvgIpc) is 2.13. The van der Waals surface area contributed by atoms with Crippen LogP contribution in [0.4, 0.5) is 0 Å². The molecule has 4 heteroatoms. The van der Waals surface area contributed by atoms with Gasteiger partial charge in [-0.25, -0.2) is 5.43 Å². The minimum atomic E-state index is 0.711. The van der Waals surface area contributed by atoms with E-state index >= 15 is 0 Å². The molecule has 4 N–H and O–H groups in total. The molecule has 0 spiro atoms. The molecule has 0 radical (unpaired) electrons. The third kappa shape index (κ3) is 4.57. The Hall–Kier alpha value is -0.160. The number of piperidine rings is 1. The smallest absolute Gasteiger partial charge is 0.0587 e. The van der Waals surface area contributed by atoms with Crippen LogP contribution in [-0.2, 0) is 0 Å². The highest BCUT2D eigenvalue weighted by Gasteiger charge is 2.15. The van der Waals surface area contributed by atoms with E-state index in [0.29, 0.717) is 6.67 Å². The summed E-state index contributed by atoms with van der Waals surface area (Å²) in [5.41, 5.74) is 2.59. The number of hydrazine groups is 1. The first kappa shape index (κ1) is 10.9. The third-order valence-electron chi connectivity index (χ3n) is 2.68. The fourth-order valence-corrected chi connectivity index (χ4v) is 1.98. The molecule has 0 bridgehead atoms. The third-order valence-corrected chi connectivity index (χ3v) is 2.68. The van der Waals surface area contributed by atoms with Gasteiger partial charge < -0.3 is 10.2 Å². The number of rotatable bonds is 5. The van der Waals surface area contributed by atoms with E-state index in [4.69, 9.17) is 5.84 Å². The largest absolute Gasteiger partial charge is 0.306 e. The van der Waals surface area contributed by atoms with Crippen LogP contribution in [0.5, 0.6) is 0 Å². The number of nitrogens with two attached hydrogens (primary N) is 1. The van der Waals surface area contributed by atoms with E-state index in [1.165, 1.54) is 32.4 Å². The van der Waals surface area contributed by atoms with Crippen molar-refractivity contribution in [2.75, 3.05) is 33.4 Å². The molecule has 1 aliphatic rings. The van der Waals surface area contributed by atoms with Crippen LogP contribution in [0, 0.1) is 5.92 Å². The minimum Gasteiger partial charge on any atom is -0.306 e. The Labute approximate surface area is 80.8 Å². The molecule has 0 aromatic rings. The molecular formula is C9H22N4. The minimum absolute atomic E-state index is 0.711. The van der Waals surface area contributed by atoms with Gasteiger partial charge in [0.25, 0.3) is 0 Å². The maximum Gasteiger partial charge on any atom is 0.0587 e. The maximum atomic E-state index is 5.15. The van der Waals surface area contributed by atoms with Gasteiger partial charge in [0.05, 0.1) is 6.67 Å². The van der Waals surface area contributed by atoms with Gasteiger partial charge >= 0.3 is 0 Å². The summed E-state index contributed by atoms with van der Waals surface area (Å²) in [5.74, 6) is 6.03. The van der Waals surface area contributed by atoms with Gasteiger partial charge in [-0.1, -0.05) is 0 Å². The van der Waals surface area contributed by atoms with Crippen LogP contribution < -0.4 is 16.6 Å². The molecule has 0 aromatic heterocycles. The van der Waals surface area contributed by atoms with Gasteiger partial charge in [0.1, 0.15) is 0 Å². The first-order valence-corrected chi connectivity index (χ1v) is 5.15. The highest BCUT2D eigenvalue weighted by molar-refractivity contribution is 4.70. The molecule has 0 aromatic carbocycles. The van der Waals surface area contributed by atoms with Crippen LogP contribution in [0.15, 0.2) is 0 Å². The quantitative estimate of drug-likeness (QED) is 0.239. The van der Waals surface area contributed by atoms with Crippen molar-refractivity contribution in [2.45, 2.75) is 19.3 Å². The van der Waals surface area contributed by atoms with E-state index in [9.17, 15) is 0 Å². The summed E-state index contributed by atoms with van der Waals surface area (Å²) in [7, 11) is 2.21. The summed E-state index contributed by atoms with van der Waals surface area (Å²) in [6.07, 6.45) is 4.02. The lowest BCUT2D eigenvalue weighted by molar-refractivity contribution is 0.201. The number of hydrogen-bond acceptors (Lipinski definition) is 4. The second-order valence-corrected chi connectivity index (χ2v) is 3.94. The lowest BCUT2D eigenvalue weighted by Gasteiger charge is -2.29. The van der Waals surface area contributed by atoms with Crippen LogP contribution in [0.1, 0.15) is 19.3 Å². The van der Waals surface area contributed by atoms with Crippen molar-refractivity contribution >= 4 is 0 Å². The van der Waals surface area contributed by atoms with Gasteiger partial charge in [-0.2, -0.15) is 0 Å². The highest BCUT2D eigenvalue weighted by atomic mass is 15.3. The van der Waals surface area contributed by atoms with Crippen molar-refractivity contribution in [1.82, 2.24) is 15.6 Å². The van der Waals surface area contributed by atoms with Gasteiger partial charge in [-0.05, 0) is 45.3 Å². The molecule has 0 saturated carbocycles. The Bertz CT molecular complexity index is 129. The predicted octanol–water partition coefficient (Wildman–Crippen LogP) is -0.271. The molecule has 0 aliphatic carbocycles. The first-order valence-electron chi connectivity index (χ1n) is 5.15. The van der Waals surface area contributed by atoms with Gasteiger partial charge in [-0.15, -0.1) is 0 Å². The molecule has 1 saturated heterocycles. The monoisotopic (exact) mass is 186 g/mol. The van der Waals surface area contributed by atoms with Gasteiger partial charge in [0.2, 0.25) is 0 Å². The summed E-state index contributed by atoms with van der Waals surface area (Å²) < 4.78 is 0. The number of hydrogen-bond donors (Lipinski definition) is 3. The number of nitrogens with zero attached hydrogens (tertiary/aromatic N) is 1. The Balaban J connectivity index is 2.00. The molecular weight excluding hydrogens is 164 g/mol. The van der Waals surface area contributed by atoms with Crippen molar-refractivity contribution in [2.24, 2.45) is 11.8 Å². The molecule has 1 heterocycles. The van der Waals surface area contributed by atoms with Gasteiger partial charge in [0.15, 0.2) is 0 Å². The van der Waals surface area contributed by atoms with Crippen LogP contribution in [-0.4, -0.2) is 38.3 Å². The normalized spacial score (nSPS) is 24.9. The Morgan fingerprint density at radius 2 is 2.38 bits per heavy atom. The molecule has 1 rings (SSSR count). The first-order chi connectivity index (χ1) is 6.33. The average molecular weight is 186 g/mol. The fourth-order valence-electron chi connectivity index (χ4n) is 1.98. The van der Waals surface area contributed by atoms with E-state index in [1.807, 2.05) is 0 Å². The standard InChI is InChI=1S/C9H22N4/c1-13-6-2-3-9(7-13)4-5-11-8-12-10/h9,11-12H,2-8,10H2,1H3. The molecule has 78 valence electrons. The molecule has 1 atom stereocenters. The molecule has 0 amide bonds. The van der Waals surface area contributed by atoms with E-state index in [1.54, 1.807) is 0 Å². The predicted molar refractivity (Wildman–Crippen MR) is 55.0 cm³/mol. The zero-order valence-corrected chi connectivity index (χ0v) is 8.55.